The van der Waals surface area contributed by atoms with Crippen molar-refractivity contribution in [1.82, 2.24) is 10.2 Å². The van der Waals surface area contributed by atoms with E-state index in [1.807, 2.05) is 38.1 Å². The van der Waals surface area contributed by atoms with Gasteiger partial charge >= 0.3 is 12.1 Å². The summed E-state index contributed by atoms with van der Waals surface area (Å²) in [4.78, 5) is 38.4. The van der Waals surface area contributed by atoms with Gasteiger partial charge in [-0.1, -0.05) is 62.4 Å². The summed E-state index contributed by atoms with van der Waals surface area (Å²) in [6.45, 7) is 9.01. The molecular formula is C27H34N2O5. The molecule has 1 aliphatic carbocycles. The van der Waals surface area contributed by atoms with E-state index in [4.69, 9.17) is 4.74 Å². The predicted molar refractivity (Wildman–Crippen MR) is 131 cm³/mol. The highest BCUT2D eigenvalue weighted by Gasteiger charge is 2.35. The summed E-state index contributed by atoms with van der Waals surface area (Å²) in [5, 5.41) is 12.0. The maximum atomic E-state index is 13.2. The second-order valence-corrected chi connectivity index (χ2v) is 10.0. The minimum Gasteiger partial charge on any atom is -0.480 e. The number of carbonyl (C=O) groups excluding carboxylic acids is 2. The Kier molecular flexibility index (Phi) is 7.64. The van der Waals surface area contributed by atoms with Crippen molar-refractivity contribution in [3.8, 4) is 11.1 Å². The molecule has 0 fully saturated rings. The van der Waals surface area contributed by atoms with E-state index in [1.165, 1.54) is 4.90 Å². The topological polar surface area (TPSA) is 95.9 Å². The van der Waals surface area contributed by atoms with Crippen LogP contribution in [0.2, 0.25) is 0 Å². The van der Waals surface area contributed by atoms with E-state index < -0.39 is 30.1 Å². The molecule has 0 radical (unpaired) electrons. The number of rotatable bonds is 8. The zero-order valence-corrected chi connectivity index (χ0v) is 20.5. The fourth-order valence-corrected chi connectivity index (χ4v) is 4.43. The van der Waals surface area contributed by atoms with Gasteiger partial charge in [0.1, 0.15) is 13.2 Å². The number of hydrogen-bond acceptors (Lipinski definition) is 4. The number of ether oxygens (including phenoxy) is 1. The van der Waals surface area contributed by atoms with E-state index in [1.54, 1.807) is 20.8 Å². The maximum Gasteiger partial charge on any atom is 0.407 e. The largest absolute Gasteiger partial charge is 0.480 e. The number of alkyl carbamates (subject to hydrolysis) is 1. The van der Waals surface area contributed by atoms with Crippen LogP contribution in [0, 0.1) is 11.8 Å². The van der Waals surface area contributed by atoms with Crippen molar-refractivity contribution in [2.24, 2.45) is 11.8 Å². The number of carbonyl (C=O) groups is 3. The molecule has 34 heavy (non-hydrogen) atoms. The Labute approximate surface area is 201 Å². The second kappa shape index (κ2) is 10.3. The summed E-state index contributed by atoms with van der Waals surface area (Å²) in [5.41, 5.74) is 3.89. The molecule has 3 rings (SSSR count). The third-order valence-corrected chi connectivity index (χ3v) is 6.30. The lowest BCUT2D eigenvalue weighted by Crippen LogP contribution is -2.53. The van der Waals surface area contributed by atoms with Crippen molar-refractivity contribution in [1.29, 1.82) is 0 Å². The number of nitrogens with zero attached hydrogens (tertiary/aromatic N) is 1. The first-order valence-electron chi connectivity index (χ1n) is 11.6. The molecule has 1 unspecified atom stereocenters. The van der Waals surface area contributed by atoms with Crippen LogP contribution < -0.4 is 5.32 Å². The lowest BCUT2D eigenvalue weighted by Gasteiger charge is -2.37. The van der Waals surface area contributed by atoms with Gasteiger partial charge in [0.15, 0.2) is 0 Å². The summed E-state index contributed by atoms with van der Waals surface area (Å²) in [7, 11) is 0. The standard InChI is InChI=1S/C27H34N2O5/c1-17(2)22(25(32)29(15-24(30)31)27(3,4)5)14-28-26(33)34-16-23-20-12-8-6-10-18(20)19-11-7-9-13-21(19)23/h6-13,17,22-23H,14-16H2,1-5H3,(H,28,33)(H,30,31). The van der Waals surface area contributed by atoms with Crippen LogP contribution >= 0.6 is 0 Å². The first kappa shape index (κ1) is 25.3. The van der Waals surface area contributed by atoms with Gasteiger partial charge in [0, 0.05) is 18.0 Å². The highest BCUT2D eigenvalue weighted by Crippen LogP contribution is 2.44. The SMILES string of the molecule is CC(C)C(CNC(=O)OCC1c2ccccc2-c2ccccc21)C(=O)N(CC(=O)O)C(C)(C)C. The molecule has 0 aromatic heterocycles. The fourth-order valence-electron chi connectivity index (χ4n) is 4.43. The van der Waals surface area contributed by atoms with Gasteiger partial charge < -0.3 is 20.1 Å². The van der Waals surface area contributed by atoms with E-state index in [2.05, 4.69) is 29.6 Å². The van der Waals surface area contributed by atoms with Crippen molar-refractivity contribution in [3.05, 3.63) is 59.7 Å². The lowest BCUT2D eigenvalue weighted by molar-refractivity contribution is -0.151. The number of benzene rings is 2. The Bertz CT molecular complexity index is 1010. The van der Waals surface area contributed by atoms with Crippen LogP contribution in [0.3, 0.4) is 0 Å². The summed E-state index contributed by atoms with van der Waals surface area (Å²) in [6, 6.07) is 16.2. The molecule has 0 aliphatic heterocycles. The van der Waals surface area contributed by atoms with Crippen LogP contribution in [-0.2, 0) is 14.3 Å². The monoisotopic (exact) mass is 466 g/mol. The normalized spacial score (nSPS) is 13.7. The molecule has 1 atom stereocenters. The summed E-state index contributed by atoms with van der Waals surface area (Å²) in [5.74, 6) is -2.09. The van der Waals surface area contributed by atoms with E-state index >= 15 is 0 Å². The van der Waals surface area contributed by atoms with Gasteiger partial charge in [-0.05, 0) is 48.9 Å². The quantitative estimate of drug-likeness (QED) is 0.597. The molecular weight excluding hydrogens is 432 g/mol. The van der Waals surface area contributed by atoms with Gasteiger partial charge in [-0.25, -0.2) is 4.79 Å². The van der Waals surface area contributed by atoms with Gasteiger partial charge in [0.25, 0.3) is 0 Å². The summed E-state index contributed by atoms with van der Waals surface area (Å²) in [6.07, 6.45) is -0.596. The van der Waals surface area contributed by atoms with Crippen LogP contribution in [-0.4, -0.2) is 53.2 Å². The number of carboxylic acids is 1. The smallest absolute Gasteiger partial charge is 0.407 e. The first-order chi connectivity index (χ1) is 16.0. The van der Waals surface area contributed by atoms with Crippen molar-refractivity contribution in [2.45, 2.75) is 46.1 Å². The number of fused-ring (bicyclic) bond motifs is 3. The molecule has 182 valence electrons. The molecule has 0 bridgehead atoms. The Hall–Kier alpha value is -3.35. The summed E-state index contributed by atoms with van der Waals surface area (Å²) < 4.78 is 5.57. The van der Waals surface area contributed by atoms with Gasteiger partial charge in [-0.3, -0.25) is 9.59 Å². The molecule has 0 spiro atoms. The van der Waals surface area contributed by atoms with Crippen LogP contribution in [0.1, 0.15) is 51.7 Å². The van der Waals surface area contributed by atoms with Gasteiger partial charge in [-0.2, -0.15) is 0 Å². The van der Waals surface area contributed by atoms with E-state index in [-0.39, 0.29) is 30.9 Å². The molecule has 0 heterocycles. The predicted octanol–water partition coefficient (Wildman–Crippen LogP) is 4.51. The zero-order chi connectivity index (χ0) is 25.0. The maximum absolute atomic E-state index is 13.2. The minimum absolute atomic E-state index is 0.0485. The Balaban J connectivity index is 1.64. The van der Waals surface area contributed by atoms with Crippen LogP contribution in [0.25, 0.3) is 11.1 Å². The van der Waals surface area contributed by atoms with Crippen molar-refractivity contribution in [2.75, 3.05) is 19.7 Å². The van der Waals surface area contributed by atoms with Gasteiger partial charge in [0.2, 0.25) is 5.91 Å². The van der Waals surface area contributed by atoms with Gasteiger partial charge in [-0.15, -0.1) is 0 Å². The molecule has 0 saturated heterocycles. The average molecular weight is 467 g/mol. The number of amides is 2. The molecule has 2 aromatic rings. The Morgan fingerprint density at radius 1 is 1.00 bits per heavy atom. The molecule has 2 N–H and O–H groups in total. The number of carboxylic acid groups (broad SMARTS) is 1. The Morgan fingerprint density at radius 3 is 2.00 bits per heavy atom. The molecule has 7 nitrogen and oxygen atoms in total. The number of hydrogen-bond donors (Lipinski definition) is 2. The zero-order valence-electron chi connectivity index (χ0n) is 20.5. The second-order valence-electron chi connectivity index (χ2n) is 10.0. The fraction of sp³-hybridized carbons (Fsp3) is 0.444. The summed E-state index contributed by atoms with van der Waals surface area (Å²) >= 11 is 0. The number of nitrogens with one attached hydrogen (secondary N) is 1. The highest BCUT2D eigenvalue weighted by molar-refractivity contribution is 5.84. The minimum atomic E-state index is -1.07. The van der Waals surface area contributed by atoms with Crippen molar-refractivity contribution < 1.29 is 24.2 Å². The van der Waals surface area contributed by atoms with Gasteiger partial charge in [0.05, 0.1) is 5.92 Å². The molecule has 2 amide bonds. The van der Waals surface area contributed by atoms with Crippen LogP contribution in [0.5, 0.6) is 0 Å². The van der Waals surface area contributed by atoms with Crippen molar-refractivity contribution >= 4 is 18.0 Å². The van der Waals surface area contributed by atoms with E-state index in [0.29, 0.717) is 0 Å². The lowest BCUT2D eigenvalue weighted by atomic mass is 9.92. The highest BCUT2D eigenvalue weighted by atomic mass is 16.5. The first-order valence-corrected chi connectivity index (χ1v) is 11.6. The Morgan fingerprint density at radius 2 is 1.53 bits per heavy atom. The van der Waals surface area contributed by atoms with Crippen LogP contribution in [0.4, 0.5) is 4.79 Å². The van der Waals surface area contributed by atoms with Crippen molar-refractivity contribution in [3.63, 3.8) is 0 Å². The van der Waals surface area contributed by atoms with Crippen LogP contribution in [0.15, 0.2) is 48.5 Å². The third-order valence-electron chi connectivity index (χ3n) is 6.30. The average Bonchev–Trinajstić information content (AvgIpc) is 3.08. The van der Waals surface area contributed by atoms with E-state index in [0.717, 1.165) is 22.3 Å². The molecule has 1 aliphatic rings. The van der Waals surface area contributed by atoms with E-state index in [9.17, 15) is 19.5 Å². The molecule has 7 heteroatoms. The molecule has 0 saturated carbocycles. The number of aliphatic carboxylic acids is 1. The third kappa shape index (κ3) is 5.58. The molecule has 2 aromatic carbocycles.